The van der Waals surface area contributed by atoms with E-state index in [0.717, 1.165) is 4.47 Å². The van der Waals surface area contributed by atoms with Crippen molar-refractivity contribution in [1.82, 2.24) is 0 Å². The molecule has 0 heterocycles. The summed E-state index contributed by atoms with van der Waals surface area (Å²) in [7, 11) is 0. The Balaban J connectivity index is 2.30. The number of benzene rings is 1. The molecule has 1 aliphatic rings. The molecule has 1 unspecified atom stereocenters. The molecule has 0 spiro atoms. The van der Waals surface area contributed by atoms with Crippen molar-refractivity contribution < 1.29 is 9.90 Å². The number of halogens is 1. The van der Waals surface area contributed by atoms with Crippen LogP contribution in [0.2, 0.25) is 0 Å². The lowest BCUT2D eigenvalue weighted by molar-refractivity contribution is -0.137. The molecule has 1 N–H and O–H groups in total. The first kappa shape index (κ1) is 11.6. The van der Waals surface area contributed by atoms with Gasteiger partial charge in [0.1, 0.15) is 0 Å². The Bertz CT molecular complexity index is 410. The van der Waals surface area contributed by atoms with E-state index in [9.17, 15) is 4.79 Å². The van der Waals surface area contributed by atoms with Gasteiger partial charge in [0.05, 0.1) is 6.42 Å². The summed E-state index contributed by atoms with van der Waals surface area (Å²) in [6.07, 6.45) is 2.59. The van der Waals surface area contributed by atoms with Crippen molar-refractivity contribution >= 4 is 21.9 Å². The van der Waals surface area contributed by atoms with Gasteiger partial charge in [-0.25, -0.2) is 0 Å². The summed E-state index contributed by atoms with van der Waals surface area (Å²) in [6.45, 7) is 2.05. The molecule has 1 aliphatic carbocycles. The zero-order valence-corrected chi connectivity index (χ0v) is 10.8. The van der Waals surface area contributed by atoms with Crippen LogP contribution in [-0.4, -0.2) is 11.1 Å². The fourth-order valence-corrected chi connectivity index (χ4v) is 2.62. The minimum atomic E-state index is -0.698. The van der Waals surface area contributed by atoms with Gasteiger partial charge in [0.15, 0.2) is 0 Å². The molecule has 1 fully saturated rings. The molecule has 1 aromatic carbocycles. The predicted octanol–water partition coefficient (Wildman–Crippen LogP) is 3.73. The van der Waals surface area contributed by atoms with Crippen LogP contribution in [0.15, 0.2) is 22.7 Å². The molecule has 0 aliphatic heterocycles. The number of rotatable bonds is 4. The summed E-state index contributed by atoms with van der Waals surface area (Å²) < 4.78 is 1.07. The lowest BCUT2D eigenvalue weighted by Crippen LogP contribution is -2.09. The number of hydrogen-bond donors (Lipinski definition) is 1. The highest BCUT2D eigenvalue weighted by Gasteiger charge is 2.34. The maximum atomic E-state index is 10.9. The van der Waals surface area contributed by atoms with E-state index in [1.807, 2.05) is 12.1 Å². The van der Waals surface area contributed by atoms with Gasteiger partial charge in [-0.1, -0.05) is 28.1 Å². The van der Waals surface area contributed by atoms with Gasteiger partial charge in [-0.3, -0.25) is 4.79 Å². The van der Waals surface area contributed by atoms with Crippen LogP contribution in [-0.2, 0) is 4.79 Å². The first-order valence-electron chi connectivity index (χ1n) is 5.56. The number of carbonyl (C=O) groups is 1. The van der Waals surface area contributed by atoms with Gasteiger partial charge >= 0.3 is 5.97 Å². The molecule has 86 valence electrons. The molecular formula is C13H15BrO2. The van der Waals surface area contributed by atoms with Gasteiger partial charge in [0, 0.05) is 4.47 Å². The fraction of sp³-hybridized carbons (Fsp3) is 0.462. The summed E-state index contributed by atoms with van der Waals surface area (Å²) in [5.41, 5.74) is 2.37. The second-order valence-electron chi connectivity index (χ2n) is 4.50. The minimum Gasteiger partial charge on any atom is -0.481 e. The van der Waals surface area contributed by atoms with Crippen LogP contribution < -0.4 is 0 Å². The summed E-state index contributed by atoms with van der Waals surface area (Å²) in [5, 5.41) is 8.97. The second-order valence-corrected chi connectivity index (χ2v) is 5.35. The van der Waals surface area contributed by atoms with E-state index in [2.05, 4.69) is 28.9 Å². The number of carboxylic acid groups (broad SMARTS) is 1. The van der Waals surface area contributed by atoms with Crippen LogP contribution in [0.5, 0.6) is 0 Å². The number of hydrogen-bond acceptors (Lipinski definition) is 1. The molecule has 2 nitrogen and oxygen atoms in total. The molecule has 1 atom stereocenters. The third-order valence-corrected chi connectivity index (χ3v) is 4.15. The predicted molar refractivity (Wildman–Crippen MR) is 66.6 cm³/mol. The molecule has 0 saturated heterocycles. The van der Waals surface area contributed by atoms with E-state index in [4.69, 9.17) is 5.11 Å². The monoisotopic (exact) mass is 282 g/mol. The van der Waals surface area contributed by atoms with Crippen LogP contribution in [0.4, 0.5) is 0 Å². The number of aliphatic carboxylic acids is 1. The van der Waals surface area contributed by atoms with E-state index < -0.39 is 5.97 Å². The minimum absolute atomic E-state index is 0.190. The maximum Gasteiger partial charge on any atom is 0.303 e. The van der Waals surface area contributed by atoms with E-state index in [-0.39, 0.29) is 12.3 Å². The molecule has 2 rings (SSSR count). The summed E-state index contributed by atoms with van der Waals surface area (Å²) in [4.78, 5) is 10.9. The zero-order valence-electron chi connectivity index (χ0n) is 9.24. The molecule has 1 saturated carbocycles. The molecule has 1 aromatic rings. The fourth-order valence-electron chi connectivity index (χ4n) is 2.24. The van der Waals surface area contributed by atoms with Crippen molar-refractivity contribution in [2.45, 2.75) is 32.1 Å². The molecule has 0 bridgehead atoms. The highest BCUT2D eigenvalue weighted by atomic mass is 79.9. The maximum absolute atomic E-state index is 10.9. The number of carboxylic acids is 1. The normalized spacial score (nSPS) is 17.1. The summed E-state index contributed by atoms with van der Waals surface area (Å²) >= 11 is 3.50. The quantitative estimate of drug-likeness (QED) is 0.914. The van der Waals surface area contributed by atoms with Gasteiger partial charge in [0.25, 0.3) is 0 Å². The summed E-state index contributed by atoms with van der Waals surface area (Å²) in [6, 6.07) is 6.05. The molecule has 0 radical (unpaired) electrons. The Morgan fingerprint density at radius 1 is 1.56 bits per heavy atom. The van der Waals surface area contributed by atoms with Crippen LogP contribution in [0.25, 0.3) is 0 Å². The van der Waals surface area contributed by atoms with Crippen LogP contribution >= 0.6 is 15.9 Å². The van der Waals surface area contributed by atoms with Gasteiger partial charge in [0.2, 0.25) is 0 Å². The van der Waals surface area contributed by atoms with Crippen molar-refractivity contribution in [1.29, 1.82) is 0 Å². The third-order valence-electron chi connectivity index (χ3n) is 3.29. The van der Waals surface area contributed by atoms with E-state index >= 15 is 0 Å². The van der Waals surface area contributed by atoms with Crippen LogP contribution in [0.3, 0.4) is 0 Å². The molecule has 0 aromatic heterocycles. The van der Waals surface area contributed by atoms with E-state index in [1.165, 1.54) is 24.0 Å². The average Bonchev–Trinajstić information content (AvgIpc) is 3.02. The second kappa shape index (κ2) is 4.58. The molecule has 3 heteroatoms. The summed E-state index contributed by atoms with van der Waals surface area (Å²) in [5.74, 6) is 0.0652. The smallest absolute Gasteiger partial charge is 0.303 e. The Morgan fingerprint density at radius 3 is 2.81 bits per heavy atom. The van der Waals surface area contributed by atoms with Crippen molar-refractivity contribution in [2.24, 2.45) is 5.92 Å². The Kier molecular flexibility index (Phi) is 3.33. The third kappa shape index (κ3) is 2.46. The van der Waals surface area contributed by atoms with E-state index in [1.54, 1.807) is 0 Å². The Hall–Kier alpha value is -0.830. The van der Waals surface area contributed by atoms with Crippen molar-refractivity contribution in [3.05, 3.63) is 33.8 Å². The molecule has 0 amide bonds. The average molecular weight is 283 g/mol. The van der Waals surface area contributed by atoms with Crippen molar-refractivity contribution in [2.75, 3.05) is 0 Å². The van der Waals surface area contributed by atoms with E-state index in [0.29, 0.717) is 5.92 Å². The topological polar surface area (TPSA) is 37.3 Å². The Morgan fingerprint density at radius 2 is 2.25 bits per heavy atom. The Labute approximate surface area is 104 Å². The highest BCUT2D eigenvalue weighted by Crippen LogP contribution is 2.46. The van der Waals surface area contributed by atoms with Gasteiger partial charge in [-0.05, 0) is 48.8 Å². The first-order chi connectivity index (χ1) is 7.59. The van der Waals surface area contributed by atoms with Gasteiger partial charge < -0.3 is 5.11 Å². The van der Waals surface area contributed by atoms with Gasteiger partial charge in [-0.2, -0.15) is 0 Å². The van der Waals surface area contributed by atoms with Gasteiger partial charge in [-0.15, -0.1) is 0 Å². The standard InChI is InChI=1S/C13H15BrO2/c1-8-10(3-2-4-12(8)14)11(7-13(15)16)9-5-6-9/h2-4,9,11H,5-7H2,1H3,(H,15,16). The zero-order chi connectivity index (χ0) is 11.7. The van der Waals surface area contributed by atoms with Crippen LogP contribution in [0.1, 0.15) is 36.3 Å². The molecule has 16 heavy (non-hydrogen) atoms. The van der Waals surface area contributed by atoms with Crippen molar-refractivity contribution in [3.63, 3.8) is 0 Å². The van der Waals surface area contributed by atoms with Crippen LogP contribution in [0, 0.1) is 12.8 Å². The SMILES string of the molecule is Cc1c(Br)cccc1C(CC(=O)O)C1CC1. The lowest BCUT2D eigenvalue weighted by atomic mass is 9.88. The highest BCUT2D eigenvalue weighted by molar-refractivity contribution is 9.10. The molecular weight excluding hydrogens is 268 g/mol. The largest absolute Gasteiger partial charge is 0.481 e. The lowest BCUT2D eigenvalue weighted by Gasteiger charge is -2.17. The first-order valence-corrected chi connectivity index (χ1v) is 6.35. The van der Waals surface area contributed by atoms with Crippen molar-refractivity contribution in [3.8, 4) is 0 Å².